The topological polar surface area (TPSA) is 107 Å². The molecule has 2 aliphatic heterocycles. The Kier molecular flexibility index (Phi) is 8.18. The number of hydrogen-bond acceptors (Lipinski definition) is 9. The van der Waals surface area contributed by atoms with Crippen LogP contribution in [0.1, 0.15) is 56.8 Å². The van der Waals surface area contributed by atoms with Crippen LogP contribution in [0.5, 0.6) is 23.0 Å². The molecule has 2 unspecified atom stereocenters. The molecule has 0 saturated carbocycles. The summed E-state index contributed by atoms with van der Waals surface area (Å²) in [5.74, 6) is 0.647. The van der Waals surface area contributed by atoms with Gasteiger partial charge in [-0.1, -0.05) is 24.3 Å². The van der Waals surface area contributed by atoms with Crippen LogP contribution in [0.2, 0.25) is 0 Å². The van der Waals surface area contributed by atoms with Crippen molar-refractivity contribution in [1.82, 2.24) is 4.98 Å². The normalized spacial score (nSPS) is 18.9. The third-order valence-electron chi connectivity index (χ3n) is 7.52. The van der Waals surface area contributed by atoms with Gasteiger partial charge in [-0.15, -0.1) is 0 Å². The first kappa shape index (κ1) is 29.5. The smallest absolute Gasteiger partial charge is 0.301 e. The number of Topliss-reactive ketones (excluding diaryl/α,β-unsaturated/α-hetero) is 1. The summed E-state index contributed by atoms with van der Waals surface area (Å²) < 4.78 is 24.1. The minimum atomic E-state index is -0.968. The highest BCUT2D eigenvalue weighted by Gasteiger charge is 2.48. The van der Waals surface area contributed by atoms with Gasteiger partial charge in [0, 0.05) is 12.0 Å². The minimum Gasteiger partial charge on any atom is -0.507 e. The number of rotatable bonds is 10. The Balaban J connectivity index is 1.52. The van der Waals surface area contributed by atoms with Gasteiger partial charge >= 0.3 is 5.91 Å². The lowest BCUT2D eigenvalue weighted by Gasteiger charge is -2.24. The SMILES string of the molecule is CCCOc1ccc(C2/C(=C(/O)c3ccc4c(c3)CC(C)O4)C(=O)C(=O)N2c2nc3ccc(OCC)cc3s2)cc1OCC. The molecule has 3 aromatic carbocycles. The van der Waals surface area contributed by atoms with E-state index in [0.29, 0.717) is 65.3 Å². The fourth-order valence-corrected chi connectivity index (χ4v) is 6.64. The zero-order valence-electron chi connectivity index (χ0n) is 25.1. The maximum absolute atomic E-state index is 13.8. The lowest BCUT2D eigenvalue weighted by atomic mass is 9.94. The van der Waals surface area contributed by atoms with E-state index in [1.807, 2.05) is 52.0 Å². The van der Waals surface area contributed by atoms with Crippen molar-refractivity contribution in [3.63, 3.8) is 0 Å². The zero-order chi connectivity index (χ0) is 31.0. The van der Waals surface area contributed by atoms with Crippen LogP contribution in [0.3, 0.4) is 0 Å². The van der Waals surface area contributed by atoms with E-state index >= 15 is 0 Å². The maximum Gasteiger partial charge on any atom is 0.301 e. The van der Waals surface area contributed by atoms with Crippen molar-refractivity contribution in [2.75, 3.05) is 24.7 Å². The fourth-order valence-electron chi connectivity index (χ4n) is 5.62. The predicted molar refractivity (Wildman–Crippen MR) is 169 cm³/mol. The van der Waals surface area contributed by atoms with Gasteiger partial charge in [0.15, 0.2) is 16.6 Å². The second-order valence-corrected chi connectivity index (χ2v) is 11.7. The molecule has 228 valence electrons. The Morgan fingerprint density at radius 3 is 2.59 bits per heavy atom. The van der Waals surface area contributed by atoms with Gasteiger partial charge in [-0.05, 0) is 86.8 Å². The molecule has 1 fully saturated rings. The van der Waals surface area contributed by atoms with Crippen LogP contribution >= 0.6 is 11.3 Å². The number of fused-ring (bicyclic) bond motifs is 2. The number of aromatic nitrogens is 1. The molecule has 2 atom stereocenters. The van der Waals surface area contributed by atoms with E-state index in [-0.39, 0.29) is 17.4 Å². The number of anilines is 1. The van der Waals surface area contributed by atoms with Crippen LogP contribution in [-0.2, 0) is 16.0 Å². The first-order chi connectivity index (χ1) is 21.3. The average Bonchev–Trinajstić information content (AvgIpc) is 3.68. The molecule has 44 heavy (non-hydrogen) atoms. The fraction of sp³-hybridized carbons (Fsp3) is 0.324. The molecular weight excluding hydrogens is 580 g/mol. The number of thiazole rings is 1. The van der Waals surface area contributed by atoms with Crippen molar-refractivity contribution in [2.45, 2.75) is 52.7 Å². The number of amides is 1. The molecule has 1 amide bonds. The van der Waals surface area contributed by atoms with Crippen molar-refractivity contribution < 1.29 is 33.6 Å². The first-order valence-electron chi connectivity index (χ1n) is 14.9. The Hall–Kier alpha value is -4.57. The molecular formula is C34H34N2O7S. The molecule has 9 nitrogen and oxygen atoms in total. The lowest BCUT2D eigenvalue weighted by molar-refractivity contribution is -0.132. The number of nitrogens with zero attached hydrogens (tertiary/aromatic N) is 2. The van der Waals surface area contributed by atoms with E-state index in [9.17, 15) is 14.7 Å². The molecule has 1 saturated heterocycles. The molecule has 0 spiro atoms. The maximum atomic E-state index is 13.8. The molecule has 2 aliphatic rings. The summed E-state index contributed by atoms with van der Waals surface area (Å²) in [7, 11) is 0. The van der Waals surface area contributed by atoms with Crippen molar-refractivity contribution in [3.8, 4) is 23.0 Å². The lowest BCUT2D eigenvalue weighted by Crippen LogP contribution is -2.29. The molecule has 0 radical (unpaired) electrons. The quantitative estimate of drug-likeness (QED) is 0.118. The number of aliphatic hydroxyl groups excluding tert-OH is 1. The summed E-state index contributed by atoms with van der Waals surface area (Å²) >= 11 is 1.28. The standard InChI is InChI=1S/C34H34N2O7S/c1-5-14-42-26-13-8-20(17-27(26)41-7-3)30-29(31(37)21-9-12-25-22(16-21)15-19(4)43-25)32(38)33(39)36(30)34-35-24-11-10-23(40-6-2)18-28(24)44-34/h8-13,16-19,30,37H,5-7,14-15H2,1-4H3/b31-29-. The number of ether oxygens (including phenoxy) is 4. The van der Waals surface area contributed by atoms with Crippen LogP contribution in [0, 0.1) is 0 Å². The Morgan fingerprint density at radius 2 is 1.82 bits per heavy atom. The molecule has 1 N–H and O–H groups in total. The molecule has 10 heteroatoms. The van der Waals surface area contributed by atoms with Crippen molar-refractivity contribution >= 4 is 44.1 Å². The van der Waals surface area contributed by atoms with Gasteiger partial charge in [0.05, 0.1) is 41.7 Å². The van der Waals surface area contributed by atoms with E-state index in [1.165, 1.54) is 16.2 Å². The van der Waals surface area contributed by atoms with Crippen molar-refractivity contribution in [3.05, 3.63) is 76.9 Å². The van der Waals surface area contributed by atoms with Crippen LogP contribution < -0.4 is 23.8 Å². The third-order valence-corrected chi connectivity index (χ3v) is 8.54. The Bertz CT molecular complexity index is 1780. The van der Waals surface area contributed by atoms with Crippen LogP contribution in [-0.4, -0.2) is 47.7 Å². The van der Waals surface area contributed by atoms with E-state index < -0.39 is 17.7 Å². The highest BCUT2D eigenvalue weighted by atomic mass is 32.1. The predicted octanol–water partition coefficient (Wildman–Crippen LogP) is 6.83. The summed E-state index contributed by atoms with van der Waals surface area (Å²) in [5.41, 5.74) is 2.58. The van der Waals surface area contributed by atoms with Crippen LogP contribution in [0.25, 0.3) is 16.0 Å². The van der Waals surface area contributed by atoms with Gasteiger partial charge in [0.1, 0.15) is 23.4 Å². The van der Waals surface area contributed by atoms with E-state index in [0.717, 1.165) is 22.4 Å². The monoisotopic (exact) mass is 614 g/mol. The number of benzene rings is 3. The largest absolute Gasteiger partial charge is 0.507 e. The summed E-state index contributed by atoms with van der Waals surface area (Å²) in [4.78, 5) is 33.7. The van der Waals surface area contributed by atoms with Gasteiger partial charge in [0.25, 0.3) is 5.78 Å². The Labute approximate surface area is 259 Å². The van der Waals surface area contributed by atoms with Gasteiger partial charge in [-0.3, -0.25) is 14.5 Å². The van der Waals surface area contributed by atoms with E-state index in [1.54, 1.807) is 30.3 Å². The third kappa shape index (κ3) is 5.34. The van der Waals surface area contributed by atoms with Crippen LogP contribution in [0.15, 0.2) is 60.2 Å². The molecule has 1 aromatic heterocycles. The number of aliphatic hydroxyl groups is 1. The van der Waals surface area contributed by atoms with E-state index in [2.05, 4.69) is 0 Å². The summed E-state index contributed by atoms with van der Waals surface area (Å²) in [6, 6.07) is 15.2. The molecule has 6 rings (SSSR count). The molecule has 3 heterocycles. The summed E-state index contributed by atoms with van der Waals surface area (Å²) in [6.45, 7) is 9.19. The van der Waals surface area contributed by atoms with Gasteiger partial charge in [-0.25, -0.2) is 4.98 Å². The second-order valence-electron chi connectivity index (χ2n) is 10.7. The molecule has 4 aromatic rings. The van der Waals surface area contributed by atoms with Crippen LogP contribution in [0.4, 0.5) is 5.13 Å². The highest BCUT2D eigenvalue weighted by Crippen LogP contribution is 2.46. The minimum absolute atomic E-state index is 0.0145. The van der Waals surface area contributed by atoms with Crippen molar-refractivity contribution in [1.29, 1.82) is 0 Å². The molecule has 0 aliphatic carbocycles. The second kappa shape index (κ2) is 12.2. The van der Waals surface area contributed by atoms with Crippen molar-refractivity contribution in [2.24, 2.45) is 0 Å². The molecule has 0 bridgehead atoms. The zero-order valence-corrected chi connectivity index (χ0v) is 25.9. The van der Waals surface area contributed by atoms with Gasteiger partial charge in [0.2, 0.25) is 0 Å². The van der Waals surface area contributed by atoms with Gasteiger partial charge in [-0.2, -0.15) is 0 Å². The number of carbonyl (C=O) groups is 2. The highest BCUT2D eigenvalue weighted by molar-refractivity contribution is 7.22. The number of hydrogen-bond donors (Lipinski definition) is 1. The number of carbonyl (C=O) groups excluding carboxylic acids is 2. The number of ketones is 1. The summed E-state index contributed by atoms with van der Waals surface area (Å²) in [5, 5.41) is 12.1. The average molecular weight is 615 g/mol. The van der Waals surface area contributed by atoms with Gasteiger partial charge < -0.3 is 24.1 Å². The first-order valence-corrected chi connectivity index (χ1v) is 15.7. The summed E-state index contributed by atoms with van der Waals surface area (Å²) in [6.07, 6.45) is 1.52. The Morgan fingerprint density at radius 1 is 1.00 bits per heavy atom. The van der Waals surface area contributed by atoms with E-state index in [4.69, 9.17) is 23.9 Å².